The first-order chi connectivity index (χ1) is 17.5. The van der Waals surface area contributed by atoms with E-state index in [4.69, 9.17) is 19.2 Å². The molecule has 38 heavy (non-hydrogen) atoms. The van der Waals surface area contributed by atoms with Crippen LogP contribution in [0.4, 0.5) is 0 Å². The maximum Gasteiger partial charge on any atom is 0.472 e. The first kappa shape index (κ1) is 37.9. The normalized spacial score (nSPS) is 16.6. The van der Waals surface area contributed by atoms with Crippen LogP contribution in [0.5, 0.6) is 0 Å². The number of hydrogen-bond acceptors (Lipinski definition) is 5. The first-order valence-electron chi connectivity index (χ1n) is 15.0. The molecular formula is C29H64N2O5PSi+. The predicted octanol–water partition coefficient (Wildman–Crippen LogP) is 7.80. The minimum absolute atomic E-state index is 0.0241. The van der Waals surface area contributed by atoms with Gasteiger partial charge in [0.05, 0.1) is 39.9 Å². The van der Waals surface area contributed by atoms with Crippen molar-refractivity contribution in [1.82, 2.24) is 0 Å². The van der Waals surface area contributed by atoms with E-state index in [0.717, 1.165) is 12.8 Å². The predicted molar refractivity (Wildman–Crippen MR) is 165 cm³/mol. The van der Waals surface area contributed by atoms with Gasteiger partial charge in [-0.2, -0.15) is 0 Å². The summed E-state index contributed by atoms with van der Waals surface area (Å²) >= 11 is 0. The summed E-state index contributed by atoms with van der Waals surface area (Å²) in [7, 11) is -0.296. The standard InChI is InChI=1S/C29H63N2O5PSi/c1-10-11-12-13-14-15-16-17-18-19-20-21-22-23-28(36-38(8,9)29(2,3)4)27(30)26-35-37(32,33)34-25-24-31(5,6)7/h22-23,27-28H,10-21,24-26,30H2,1-9H3/p+1. The topological polar surface area (TPSA) is 91.0 Å². The van der Waals surface area contributed by atoms with E-state index in [1.807, 2.05) is 27.2 Å². The molecule has 0 radical (unpaired) electrons. The van der Waals surface area contributed by atoms with Gasteiger partial charge in [-0.3, -0.25) is 9.05 Å². The Morgan fingerprint density at radius 2 is 1.42 bits per heavy atom. The van der Waals surface area contributed by atoms with E-state index in [0.29, 0.717) is 11.0 Å². The van der Waals surface area contributed by atoms with Crippen molar-refractivity contribution in [3.8, 4) is 0 Å². The van der Waals surface area contributed by atoms with E-state index in [9.17, 15) is 9.46 Å². The fourth-order valence-corrected chi connectivity index (χ4v) is 5.72. The molecule has 228 valence electrons. The Balaban J connectivity index is 4.67. The largest absolute Gasteiger partial charge is 0.472 e. The molecule has 7 nitrogen and oxygen atoms in total. The van der Waals surface area contributed by atoms with E-state index < -0.39 is 22.2 Å². The summed E-state index contributed by atoms with van der Waals surface area (Å²) in [5.41, 5.74) is 6.45. The Labute approximate surface area is 237 Å². The fraction of sp³-hybridized carbons (Fsp3) is 0.931. The summed E-state index contributed by atoms with van der Waals surface area (Å²) in [6.45, 7) is 13.8. The molecule has 0 saturated heterocycles. The summed E-state index contributed by atoms with van der Waals surface area (Å²) in [6, 6.07) is -0.569. The Hall–Kier alpha value is -0.0531. The lowest BCUT2D eigenvalue weighted by Gasteiger charge is -2.40. The number of likely N-dealkylation sites (N-methyl/N-ethyl adjacent to an activating group) is 1. The monoisotopic (exact) mass is 579 g/mol. The molecule has 0 aliphatic heterocycles. The number of nitrogens with two attached hydrogens (primary N) is 1. The zero-order chi connectivity index (χ0) is 29.3. The average molecular weight is 580 g/mol. The van der Waals surface area contributed by atoms with Gasteiger partial charge in [0.25, 0.3) is 0 Å². The second-order valence-electron chi connectivity index (χ2n) is 13.4. The lowest BCUT2D eigenvalue weighted by atomic mass is 10.0. The summed E-state index contributed by atoms with van der Waals surface area (Å²) in [5, 5.41) is 0.0241. The van der Waals surface area contributed by atoms with Gasteiger partial charge in [0.2, 0.25) is 0 Å². The quantitative estimate of drug-likeness (QED) is 0.0422. The van der Waals surface area contributed by atoms with Crippen LogP contribution < -0.4 is 5.73 Å². The molecule has 0 heterocycles. The van der Waals surface area contributed by atoms with Crippen LogP contribution in [0.1, 0.15) is 105 Å². The number of rotatable bonds is 23. The molecule has 0 spiro atoms. The van der Waals surface area contributed by atoms with Crippen LogP contribution in [0.2, 0.25) is 18.1 Å². The van der Waals surface area contributed by atoms with Gasteiger partial charge in [0.1, 0.15) is 13.2 Å². The highest BCUT2D eigenvalue weighted by Crippen LogP contribution is 2.43. The summed E-state index contributed by atoms with van der Waals surface area (Å²) in [5.74, 6) is 0. The van der Waals surface area contributed by atoms with Gasteiger partial charge in [-0.15, -0.1) is 0 Å². The highest BCUT2D eigenvalue weighted by molar-refractivity contribution is 7.47. The zero-order valence-electron chi connectivity index (χ0n) is 26.5. The van der Waals surface area contributed by atoms with E-state index >= 15 is 0 Å². The van der Waals surface area contributed by atoms with Gasteiger partial charge in [-0.25, -0.2) is 4.57 Å². The summed E-state index contributed by atoms with van der Waals surface area (Å²) < 4.78 is 30.0. The van der Waals surface area contributed by atoms with Crippen molar-refractivity contribution >= 4 is 16.1 Å². The Morgan fingerprint density at radius 1 is 0.921 bits per heavy atom. The van der Waals surface area contributed by atoms with E-state index in [2.05, 4.69) is 46.9 Å². The maximum absolute atomic E-state index is 12.4. The Bertz CT molecular complexity index is 677. The van der Waals surface area contributed by atoms with Crippen molar-refractivity contribution in [1.29, 1.82) is 0 Å². The van der Waals surface area contributed by atoms with Crippen LogP contribution in [-0.2, 0) is 18.0 Å². The molecule has 0 saturated carbocycles. The molecule has 0 amide bonds. The van der Waals surface area contributed by atoms with Crippen molar-refractivity contribution in [3.05, 3.63) is 12.2 Å². The number of quaternary nitrogens is 1. The van der Waals surface area contributed by atoms with E-state index in [1.54, 1.807) is 0 Å². The van der Waals surface area contributed by atoms with Crippen molar-refractivity contribution in [2.45, 2.75) is 135 Å². The van der Waals surface area contributed by atoms with Crippen LogP contribution in [-0.4, -0.2) is 70.7 Å². The SMILES string of the molecule is CCCCCCCCCCCCCC=CC(O[Si](C)(C)C(C)(C)C)C(N)COP(=O)(O)OCC[N+](C)(C)C. The number of phosphoric ester groups is 1. The molecule has 3 atom stereocenters. The molecule has 0 rings (SSSR count). The lowest BCUT2D eigenvalue weighted by molar-refractivity contribution is -0.870. The van der Waals surface area contributed by atoms with Gasteiger partial charge < -0.3 is 19.5 Å². The second-order valence-corrected chi connectivity index (χ2v) is 19.6. The molecule has 0 aromatic heterocycles. The Morgan fingerprint density at radius 3 is 1.89 bits per heavy atom. The van der Waals surface area contributed by atoms with Gasteiger partial charge in [0, 0.05) is 0 Å². The summed E-state index contributed by atoms with van der Waals surface area (Å²) in [4.78, 5) is 10.1. The van der Waals surface area contributed by atoms with Crippen molar-refractivity contribution in [2.75, 3.05) is 40.9 Å². The highest BCUT2D eigenvalue weighted by Gasteiger charge is 2.40. The number of phosphoric acid groups is 1. The molecule has 0 aliphatic rings. The van der Waals surface area contributed by atoms with Crippen molar-refractivity contribution in [2.24, 2.45) is 5.73 Å². The number of allylic oxidation sites excluding steroid dienone is 1. The molecule has 3 N–H and O–H groups in total. The van der Waals surface area contributed by atoms with Crippen molar-refractivity contribution in [3.63, 3.8) is 0 Å². The van der Waals surface area contributed by atoms with Gasteiger partial charge in [-0.1, -0.05) is 104 Å². The van der Waals surface area contributed by atoms with Crippen LogP contribution >= 0.6 is 7.82 Å². The number of hydrogen-bond donors (Lipinski definition) is 2. The first-order valence-corrected chi connectivity index (χ1v) is 19.4. The third kappa shape index (κ3) is 19.9. The fourth-order valence-electron chi connectivity index (χ4n) is 3.69. The Kier molecular flexibility index (Phi) is 19.1. The van der Waals surface area contributed by atoms with Crippen LogP contribution in [0.25, 0.3) is 0 Å². The average Bonchev–Trinajstić information content (AvgIpc) is 2.78. The highest BCUT2D eigenvalue weighted by atomic mass is 31.2. The van der Waals surface area contributed by atoms with Gasteiger partial charge >= 0.3 is 7.82 Å². The van der Waals surface area contributed by atoms with Crippen LogP contribution in [0.3, 0.4) is 0 Å². The summed E-state index contributed by atoms with van der Waals surface area (Å²) in [6.07, 6.45) is 19.4. The third-order valence-corrected chi connectivity index (χ3v) is 12.9. The molecule has 0 aromatic carbocycles. The second kappa shape index (κ2) is 19.1. The minimum Gasteiger partial charge on any atom is -0.409 e. The van der Waals surface area contributed by atoms with E-state index in [1.165, 1.54) is 64.2 Å². The molecule has 0 aromatic rings. The lowest BCUT2D eigenvalue weighted by Crippen LogP contribution is -2.49. The zero-order valence-corrected chi connectivity index (χ0v) is 28.4. The van der Waals surface area contributed by atoms with Crippen LogP contribution in [0, 0.1) is 0 Å². The number of unbranched alkanes of at least 4 members (excludes halogenated alkanes) is 11. The maximum atomic E-state index is 12.4. The molecule has 0 fully saturated rings. The van der Waals surface area contributed by atoms with E-state index in [-0.39, 0.29) is 24.4 Å². The molecule has 0 aliphatic carbocycles. The molecular weight excluding hydrogens is 515 g/mol. The van der Waals surface area contributed by atoms with Gasteiger partial charge in [0.15, 0.2) is 8.32 Å². The van der Waals surface area contributed by atoms with Gasteiger partial charge in [-0.05, 0) is 31.0 Å². The third-order valence-electron chi connectivity index (χ3n) is 7.41. The smallest absolute Gasteiger partial charge is 0.409 e. The molecule has 0 bridgehead atoms. The number of nitrogens with zero attached hydrogens (tertiary/aromatic N) is 1. The minimum atomic E-state index is -4.17. The molecule has 3 unspecified atom stereocenters. The van der Waals surface area contributed by atoms with Crippen molar-refractivity contribution < 1.29 is 27.4 Å². The van der Waals surface area contributed by atoms with Crippen LogP contribution in [0.15, 0.2) is 12.2 Å². The molecule has 9 heteroatoms.